The number of ether oxygens (including phenoxy) is 1. The molecule has 8 heteroatoms. The number of piperazine rings is 1. The highest BCUT2D eigenvalue weighted by Gasteiger charge is 2.21. The van der Waals surface area contributed by atoms with E-state index in [1.165, 1.54) is 5.56 Å². The normalized spacial score (nSPS) is 13.6. The summed E-state index contributed by atoms with van der Waals surface area (Å²) in [7, 11) is 3.45. The van der Waals surface area contributed by atoms with E-state index in [2.05, 4.69) is 36.1 Å². The third kappa shape index (κ3) is 6.74. The van der Waals surface area contributed by atoms with Gasteiger partial charge in [0.25, 0.3) is 5.56 Å². The van der Waals surface area contributed by atoms with Crippen LogP contribution < -0.4 is 15.2 Å². The third-order valence-electron chi connectivity index (χ3n) is 6.85. The third-order valence-corrected chi connectivity index (χ3v) is 7.97. The van der Waals surface area contributed by atoms with Gasteiger partial charge in [0.2, 0.25) is 5.91 Å². The summed E-state index contributed by atoms with van der Waals surface area (Å²) in [4.78, 5) is 34.8. The van der Waals surface area contributed by atoms with Gasteiger partial charge in [0, 0.05) is 68.8 Å². The van der Waals surface area contributed by atoms with Gasteiger partial charge in [-0.2, -0.15) is 0 Å². The molecular weight excluding hydrogens is 484 g/mol. The van der Waals surface area contributed by atoms with E-state index in [1.807, 2.05) is 36.1 Å². The molecular formula is C29H36N4O3S. The molecule has 1 aliphatic heterocycles. The zero-order chi connectivity index (χ0) is 26.4. The van der Waals surface area contributed by atoms with Crippen LogP contribution in [0.4, 0.5) is 5.69 Å². The first-order chi connectivity index (χ1) is 17.9. The van der Waals surface area contributed by atoms with Crippen molar-refractivity contribution in [3.63, 3.8) is 0 Å². The molecule has 37 heavy (non-hydrogen) atoms. The molecule has 2 aromatic carbocycles. The quantitative estimate of drug-likeness (QED) is 0.239. The smallest absolute Gasteiger partial charge is 0.257 e. The molecule has 0 radical (unpaired) electrons. The summed E-state index contributed by atoms with van der Waals surface area (Å²) in [6, 6.07) is 16.3. The van der Waals surface area contributed by atoms with E-state index in [0.717, 1.165) is 66.6 Å². The molecule has 0 bridgehead atoms. The lowest BCUT2D eigenvalue weighted by molar-refractivity contribution is -0.131. The first-order valence-corrected chi connectivity index (χ1v) is 13.8. The van der Waals surface area contributed by atoms with Crippen LogP contribution in [0.3, 0.4) is 0 Å². The second-order valence-electron chi connectivity index (χ2n) is 9.51. The molecule has 0 aliphatic carbocycles. The molecule has 1 amide bonds. The van der Waals surface area contributed by atoms with Crippen LogP contribution in [-0.4, -0.2) is 59.4 Å². The Morgan fingerprint density at radius 1 is 1.05 bits per heavy atom. The monoisotopic (exact) mass is 520 g/mol. The Labute approximate surface area is 223 Å². The SMILES string of the molecule is COc1ccc(N2CCN(C(=O)CCCSc3nc(C)c(Cc4cccc(C)c4)c(=O)n3C)CC2)cc1. The van der Waals surface area contributed by atoms with Crippen molar-refractivity contribution >= 4 is 23.4 Å². The molecule has 2 heterocycles. The highest BCUT2D eigenvalue weighted by atomic mass is 32.2. The van der Waals surface area contributed by atoms with Gasteiger partial charge in [-0.3, -0.25) is 14.2 Å². The number of thioether (sulfide) groups is 1. The zero-order valence-electron chi connectivity index (χ0n) is 22.2. The van der Waals surface area contributed by atoms with Crippen molar-refractivity contribution in [3.05, 3.63) is 81.3 Å². The summed E-state index contributed by atoms with van der Waals surface area (Å²) < 4.78 is 6.88. The summed E-state index contributed by atoms with van der Waals surface area (Å²) in [5, 5.41) is 0.705. The summed E-state index contributed by atoms with van der Waals surface area (Å²) in [6.45, 7) is 7.08. The number of carbonyl (C=O) groups is 1. The van der Waals surface area contributed by atoms with Gasteiger partial charge in [0.1, 0.15) is 5.75 Å². The van der Waals surface area contributed by atoms with Crippen molar-refractivity contribution < 1.29 is 9.53 Å². The van der Waals surface area contributed by atoms with E-state index in [4.69, 9.17) is 9.72 Å². The van der Waals surface area contributed by atoms with Crippen LogP contribution in [0.5, 0.6) is 5.75 Å². The number of hydrogen-bond acceptors (Lipinski definition) is 6. The molecule has 1 saturated heterocycles. The minimum absolute atomic E-state index is 0.00214. The Kier molecular flexibility index (Phi) is 8.92. The van der Waals surface area contributed by atoms with E-state index < -0.39 is 0 Å². The van der Waals surface area contributed by atoms with Gasteiger partial charge in [-0.1, -0.05) is 41.6 Å². The number of amides is 1. The minimum Gasteiger partial charge on any atom is -0.497 e. The standard InChI is InChI=1S/C29H36N4O3S/c1-21-7-5-8-23(19-21)20-26-22(2)30-29(31(3)28(26)35)37-18-6-9-27(34)33-16-14-32(15-17-33)24-10-12-25(36-4)13-11-24/h5,7-8,10-13,19H,6,9,14-18,20H2,1-4H3. The van der Waals surface area contributed by atoms with Gasteiger partial charge < -0.3 is 14.5 Å². The molecule has 0 N–H and O–H groups in total. The van der Waals surface area contributed by atoms with Crippen LogP contribution in [0.2, 0.25) is 0 Å². The predicted octanol–water partition coefficient (Wildman–Crippen LogP) is 4.22. The van der Waals surface area contributed by atoms with Crippen molar-refractivity contribution in [1.82, 2.24) is 14.5 Å². The maximum atomic E-state index is 13.0. The number of carbonyl (C=O) groups excluding carboxylic acids is 1. The molecule has 0 unspecified atom stereocenters. The van der Waals surface area contributed by atoms with Gasteiger partial charge in [0.05, 0.1) is 7.11 Å². The first-order valence-electron chi connectivity index (χ1n) is 12.8. The molecule has 1 fully saturated rings. The number of nitrogens with zero attached hydrogens (tertiary/aromatic N) is 4. The molecule has 7 nitrogen and oxygen atoms in total. The summed E-state index contributed by atoms with van der Waals surface area (Å²) in [6.07, 6.45) is 1.84. The van der Waals surface area contributed by atoms with Gasteiger partial charge in [-0.25, -0.2) is 4.98 Å². The predicted molar refractivity (Wildman–Crippen MR) is 150 cm³/mol. The maximum absolute atomic E-state index is 13.0. The Morgan fingerprint density at radius 3 is 2.46 bits per heavy atom. The number of hydrogen-bond donors (Lipinski definition) is 0. The van der Waals surface area contributed by atoms with Gasteiger partial charge in [-0.15, -0.1) is 0 Å². The lowest BCUT2D eigenvalue weighted by atomic mass is 10.0. The Balaban J connectivity index is 1.25. The molecule has 0 saturated carbocycles. The van der Waals surface area contributed by atoms with Crippen LogP contribution in [0.15, 0.2) is 58.5 Å². The van der Waals surface area contributed by atoms with E-state index >= 15 is 0 Å². The Morgan fingerprint density at radius 2 is 1.78 bits per heavy atom. The highest BCUT2D eigenvalue weighted by Crippen LogP contribution is 2.22. The second kappa shape index (κ2) is 12.3. The second-order valence-corrected chi connectivity index (χ2v) is 10.6. The minimum atomic E-state index is 0.00214. The number of aromatic nitrogens is 2. The van der Waals surface area contributed by atoms with Crippen molar-refractivity contribution in [2.75, 3.05) is 43.9 Å². The fourth-order valence-corrected chi connectivity index (χ4v) is 5.59. The van der Waals surface area contributed by atoms with Crippen molar-refractivity contribution in [2.24, 2.45) is 7.05 Å². The molecule has 0 spiro atoms. The summed E-state index contributed by atoms with van der Waals surface area (Å²) in [5.74, 6) is 1.79. The number of aryl methyl sites for hydroxylation is 2. The number of methoxy groups -OCH3 is 1. The van der Waals surface area contributed by atoms with Crippen LogP contribution in [0.25, 0.3) is 0 Å². The fourth-order valence-electron chi connectivity index (χ4n) is 4.64. The van der Waals surface area contributed by atoms with Crippen molar-refractivity contribution in [3.8, 4) is 5.75 Å². The van der Waals surface area contributed by atoms with Crippen LogP contribution in [0.1, 0.15) is 35.2 Å². The lowest BCUT2D eigenvalue weighted by Crippen LogP contribution is -2.48. The Hall–Kier alpha value is -3.26. The van der Waals surface area contributed by atoms with E-state index in [1.54, 1.807) is 30.5 Å². The lowest BCUT2D eigenvalue weighted by Gasteiger charge is -2.36. The van der Waals surface area contributed by atoms with Gasteiger partial charge in [-0.05, 0) is 50.1 Å². The van der Waals surface area contributed by atoms with Crippen LogP contribution in [-0.2, 0) is 18.3 Å². The van der Waals surface area contributed by atoms with E-state index in [9.17, 15) is 9.59 Å². The number of rotatable bonds is 9. The zero-order valence-corrected chi connectivity index (χ0v) is 23.0. The van der Waals surface area contributed by atoms with Crippen LogP contribution >= 0.6 is 11.8 Å². The topological polar surface area (TPSA) is 67.7 Å². The fraction of sp³-hybridized carbons (Fsp3) is 0.414. The molecule has 1 aromatic heterocycles. The largest absolute Gasteiger partial charge is 0.497 e. The van der Waals surface area contributed by atoms with Crippen molar-refractivity contribution in [2.45, 2.75) is 38.3 Å². The van der Waals surface area contributed by atoms with E-state index in [0.29, 0.717) is 18.0 Å². The molecule has 4 rings (SSSR count). The summed E-state index contributed by atoms with van der Waals surface area (Å²) >= 11 is 1.54. The average molecular weight is 521 g/mol. The average Bonchev–Trinajstić information content (AvgIpc) is 2.92. The number of anilines is 1. The highest BCUT2D eigenvalue weighted by molar-refractivity contribution is 7.99. The van der Waals surface area contributed by atoms with Crippen LogP contribution in [0, 0.1) is 13.8 Å². The van der Waals surface area contributed by atoms with Crippen molar-refractivity contribution in [1.29, 1.82) is 0 Å². The van der Waals surface area contributed by atoms with Gasteiger partial charge in [0.15, 0.2) is 5.16 Å². The number of benzene rings is 2. The summed E-state index contributed by atoms with van der Waals surface area (Å²) in [5.41, 5.74) is 4.97. The molecule has 0 atom stereocenters. The maximum Gasteiger partial charge on any atom is 0.257 e. The first kappa shape index (κ1) is 26.8. The van der Waals surface area contributed by atoms with E-state index in [-0.39, 0.29) is 11.5 Å². The Bertz CT molecular complexity index is 1280. The molecule has 196 valence electrons. The van der Waals surface area contributed by atoms with Gasteiger partial charge >= 0.3 is 0 Å². The molecule has 1 aliphatic rings. The molecule has 3 aromatic rings.